The third-order valence-corrected chi connectivity index (χ3v) is 2.68. The standard InChI is InChI=1S/C13H21NOS/c1-10(2)15-12-6-4-11(5-7-12)13(14-3)8-9-16/h4-7,10,13-14,16H,8-9H2,1-3H3. The van der Waals surface area contributed by atoms with Crippen LogP contribution >= 0.6 is 12.6 Å². The van der Waals surface area contributed by atoms with E-state index in [0.717, 1.165) is 17.9 Å². The molecule has 1 aromatic carbocycles. The summed E-state index contributed by atoms with van der Waals surface area (Å²) in [7, 11) is 1.98. The highest BCUT2D eigenvalue weighted by Crippen LogP contribution is 2.20. The number of nitrogens with one attached hydrogen (secondary N) is 1. The van der Waals surface area contributed by atoms with Gasteiger partial charge in [-0.2, -0.15) is 12.6 Å². The van der Waals surface area contributed by atoms with Crippen LogP contribution in [0.1, 0.15) is 31.9 Å². The largest absolute Gasteiger partial charge is 0.491 e. The minimum atomic E-state index is 0.225. The van der Waals surface area contributed by atoms with E-state index in [1.807, 2.05) is 33.0 Å². The first-order chi connectivity index (χ1) is 7.67. The van der Waals surface area contributed by atoms with Crippen molar-refractivity contribution in [2.24, 2.45) is 0 Å². The van der Waals surface area contributed by atoms with E-state index in [2.05, 4.69) is 30.1 Å². The Morgan fingerprint density at radius 2 is 1.88 bits per heavy atom. The van der Waals surface area contributed by atoms with Gasteiger partial charge in [-0.25, -0.2) is 0 Å². The summed E-state index contributed by atoms with van der Waals surface area (Å²) in [6.07, 6.45) is 1.26. The summed E-state index contributed by atoms with van der Waals surface area (Å²) in [5.74, 6) is 1.81. The van der Waals surface area contributed by atoms with Crippen LogP contribution in [-0.4, -0.2) is 18.9 Å². The maximum atomic E-state index is 5.61. The van der Waals surface area contributed by atoms with Gasteiger partial charge in [-0.05, 0) is 50.8 Å². The van der Waals surface area contributed by atoms with Gasteiger partial charge in [0.25, 0.3) is 0 Å². The van der Waals surface area contributed by atoms with E-state index >= 15 is 0 Å². The van der Waals surface area contributed by atoms with Crippen LogP contribution in [0.2, 0.25) is 0 Å². The number of thiol groups is 1. The molecular formula is C13H21NOS. The third kappa shape index (κ3) is 4.06. The topological polar surface area (TPSA) is 21.3 Å². The molecule has 0 spiro atoms. The molecule has 0 bridgehead atoms. The van der Waals surface area contributed by atoms with Crippen LogP contribution in [0.15, 0.2) is 24.3 Å². The van der Waals surface area contributed by atoms with Gasteiger partial charge in [0.05, 0.1) is 6.10 Å². The van der Waals surface area contributed by atoms with Gasteiger partial charge in [-0.15, -0.1) is 0 Å². The van der Waals surface area contributed by atoms with E-state index in [1.165, 1.54) is 5.56 Å². The zero-order valence-corrected chi connectivity index (χ0v) is 11.1. The van der Waals surface area contributed by atoms with Crippen molar-refractivity contribution in [3.63, 3.8) is 0 Å². The van der Waals surface area contributed by atoms with E-state index in [1.54, 1.807) is 0 Å². The third-order valence-electron chi connectivity index (χ3n) is 2.42. The molecule has 0 radical (unpaired) electrons. The number of rotatable bonds is 6. The molecular weight excluding hydrogens is 218 g/mol. The van der Waals surface area contributed by atoms with Crippen molar-refractivity contribution in [2.75, 3.05) is 12.8 Å². The average molecular weight is 239 g/mol. The number of hydrogen-bond donors (Lipinski definition) is 2. The Morgan fingerprint density at radius 1 is 1.25 bits per heavy atom. The zero-order valence-electron chi connectivity index (χ0n) is 10.2. The summed E-state index contributed by atoms with van der Waals surface area (Å²) in [6, 6.07) is 8.66. The van der Waals surface area contributed by atoms with Crippen molar-refractivity contribution >= 4 is 12.6 Å². The molecule has 3 heteroatoms. The smallest absolute Gasteiger partial charge is 0.119 e. The van der Waals surface area contributed by atoms with E-state index < -0.39 is 0 Å². The number of hydrogen-bond acceptors (Lipinski definition) is 3. The lowest BCUT2D eigenvalue weighted by Gasteiger charge is -2.16. The molecule has 0 aliphatic carbocycles. The summed E-state index contributed by atoms with van der Waals surface area (Å²) in [5.41, 5.74) is 1.28. The molecule has 90 valence electrons. The first kappa shape index (κ1) is 13.4. The highest BCUT2D eigenvalue weighted by Gasteiger charge is 2.07. The molecule has 0 fully saturated rings. The molecule has 0 heterocycles. The van der Waals surface area contributed by atoms with E-state index in [4.69, 9.17) is 4.74 Å². The fourth-order valence-electron chi connectivity index (χ4n) is 1.66. The van der Waals surface area contributed by atoms with E-state index in [9.17, 15) is 0 Å². The first-order valence-corrected chi connectivity index (χ1v) is 6.35. The molecule has 1 unspecified atom stereocenters. The highest BCUT2D eigenvalue weighted by atomic mass is 32.1. The highest BCUT2D eigenvalue weighted by molar-refractivity contribution is 7.80. The zero-order chi connectivity index (χ0) is 12.0. The lowest BCUT2D eigenvalue weighted by molar-refractivity contribution is 0.242. The van der Waals surface area contributed by atoms with Crippen LogP contribution in [0.25, 0.3) is 0 Å². The summed E-state index contributed by atoms with van der Waals surface area (Å²) in [5, 5.41) is 3.29. The second-order valence-corrected chi connectivity index (χ2v) is 4.54. The van der Waals surface area contributed by atoms with Gasteiger partial charge in [0.1, 0.15) is 5.75 Å². The second kappa shape index (κ2) is 6.81. The van der Waals surface area contributed by atoms with Gasteiger partial charge in [0.2, 0.25) is 0 Å². The molecule has 0 aliphatic heterocycles. The van der Waals surface area contributed by atoms with Crippen molar-refractivity contribution in [1.29, 1.82) is 0 Å². The Kier molecular flexibility index (Phi) is 5.71. The Hall–Kier alpha value is -0.670. The van der Waals surface area contributed by atoms with Crippen molar-refractivity contribution in [2.45, 2.75) is 32.4 Å². The Bertz CT molecular complexity index is 297. The van der Waals surface area contributed by atoms with Crippen molar-refractivity contribution in [1.82, 2.24) is 5.32 Å². The summed E-state index contributed by atoms with van der Waals surface area (Å²) >= 11 is 4.27. The Morgan fingerprint density at radius 3 is 2.31 bits per heavy atom. The van der Waals surface area contributed by atoms with Crippen molar-refractivity contribution in [3.8, 4) is 5.75 Å². The van der Waals surface area contributed by atoms with Crippen LogP contribution in [-0.2, 0) is 0 Å². The minimum Gasteiger partial charge on any atom is -0.491 e. The summed E-state index contributed by atoms with van der Waals surface area (Å²) in [4.78, 5) is 0. The molecule has 2 nitrogen and oxygen atoms in total. The van der Waals surface area contributed by atoms with Crippen LogP contribution in [0, 0.1) is 0 Å². The SMILES string of the molecule is CNC(CCS)c1ccc(OC(C)C)cc1. The summed E-state index contributed by atoms with van der Waals surface area (Å²) in [6.45, 7) is 4.07. The molecule has 1 atom stereocenters. The number of benzene rings is 1. The average Bonchev–Trinajstić information content (AvgIpc) is 2.26. The maximum absolute atomic E-state index is 5.61. The van der Waals surface area contributed by atoms with Gasteiger partial charge in [0, 0.05) is 6.04 Å². The molecule has 1 rings (SSSR count). The minimum absolute atomic E-state index is 0.225. The normalized spacial score (nSPS) is 12.8. The van der Waals surface area contributed by atoms with Crippen LogP contribution in [0.5, 0.6) is 5.75 Å². The molecule has 0 amide bonds. The molecule has 0 saturated carbocycles. The van der Waals surface area contributed by atoms with Crippen molar-refractivity contribution < 1.29 is 4.74 Å². The molecule has 0 saturated heterocycles. The van der Waals surface area contributed by atoms with Crippen LogP contribution in [0.4, 0.5) is 0 Å². The van der Waals surface area contributed by atoms with Crippen LogP contribution in [0.3, 0.4) is 0 Å². The molecule has 0 aliphatic rings. The quantitative estimate of drug-likeness (QED) is 0.745. The van der Waals surface area contributed by atoms with Gasteiger partial charge in [-0.3, -0.25) is 0 Å². The van der Waals surface area contributed by atoms with E-state index in [0.29, 0.717) is 6.04 Å². The van der Waals surface area contributed by atoms with E-state index in [-0.39, 0.29) is 6.10 Å². The van der Waals surface area contributed by atoms with Crippen molar-refractivity contribution in [3.05, 3.63) is 29.8 Å². The molecule has 0 aromatic heterocycles. The lowest BCUT2D eigenvalue weighted by Crippen LogP contribution is -2.16. The second-order valence-electron chi connectivity index (χ2n) is 4.09. The molecule has 16 heavy (non-hydrogen) atoms. The summed E-state index contributed by atoms with van der Waals surface area (Å²) < 4.78 is 5.61. The monoisotopic (exact) mass is 239 g/mol. The lowest BCUT2D eigenvalue weighted by atomic mass is 10.0. The van der Waals surface area contributed by atoms with Gasteiger partial charge in [-0.1, -0.05) is 12.1 Å². The maximum Gasteiger partial charge on any atom is 0.119 e. The number of ether oxygens (including phenoxy) is 1. The predicted molar refractivity (Wildman–Crippen MR) is 72.5 cm³/mol. The Balaban J connectivity index is 2.69. The molecule has 1 aromatic rings. The Labute approximate surface area is 104 Å². The van der Waals surface area contributed by atoms with Gasteiger partial charge in [0.15, 0.2) is 0 Å². The first-order valence-electron chi connectivity index (χ1n) is 5.72. The molecule has 1 N–H and O–H groups in total. The van der Waals surface area contributed by atoms with Gasteiger partial charge >= 0.3 is 0 Å². The fourth-order valence-corrected chi connectivity index (χ4v) is 1.92. The van der Waals surface area contributed by atoms with Gasteiger partial charge < -0.3 is 10.1 Å². The fraction of sp³-hybridized carbons (Fsp3) is 0.538. The predicted octanol–water partition coefficient (Wildman–Crippen LogP) is 3.05. The van der Waals surface area contributed by atoms with Crippen LogP contribution < -0.4 is 10.1 Å².